The summed E-state index contributed by atoms with van der Waals surface area (Å²) in [5, 5.41) is 4.86. The number of rotatable bonds is 5. The Hall–Kier alpha value is -3.09. The van der Waals surface area contributed by atoms with Gasteiger partial charge in [0.15, 0.2) is 6.61 Å². The zero-order chi connectivity index (χ0) is 17.1. The molecule has 124 valence electrons. The van der Waals surface area contributed by atoms with E-state index in [1.54, 1.807) is 47.1 Å². The largest absolute Gasteiger partial charge is 0.484 e. The highest BCUT2D eigenvalue weighted by Crippen LogP contribution is 2.19. The van der Waals surface area contributed by atoms with Gasteiger partial charge in [-0.05, 0) is 18.2 Å². The van der Waals surface area contributed by atoms with Crippen LogP contribution < -0.4 is 10.4 Å². The molecule has 3 rings (SSSR count). The molecule has 0 saturated carbocycles. The maximum atomic E-state index is 12.1. The third-order valence-electron chi connectivity index (χ3n) is 3.56. The monoisotopic (exact) mass is 327 g/mol. The molecule has 0 saturated heterocycles. The van der Waals surface area contributed by atoms with Crippen LogP contribution in [0.3, 0.4) is 0 Å². The van der Waals surface area contributed by atoms with Crippen LogP contribution in [-0.2, 0) is 18.4 Å². The summed E-state index contributed by atoms with van der Waals surface area (Å²) < 4.78 is 12.3. The minimum Gasteiger partial charge on any atom is -0.484 e. The number of hydrogen-bond donors (Lipinski definition) is 0. The molecule has 2 heterocycles. The van der Waals surface area contributed by atoms with Crippen molar-refractivity contribution < 1.29 is 13.9 Å². The summed E-state index contributed by atoms with van der Waals surface area (Å²) in [6.45, 7) is 0.363. The molecule has 24 heavy (non-hydrogen) atoms. The molecule has 0 fully saturated rings. The third kappa shape index (κ3) is 3.62. The van der Waals surface area contributed by atoms with Gasteiger partial charge < -0.3 is 14.1 Å². The maximum absolute atomic E-state index is 12.1. The van der Waals surface area contributed by atoms with Crippen molar-refractivity contribution in [1.29, 1.82) is 0 Å². The summed E-state index contributed by atoms with van der Waals surface area (Å²) in [7, 11) is 3.53. The van der Waals surface area contributed by atoms with Crippen LogP contribution in [0.2, 0.25) is 0 Å². The number of fused-ring (bicyclic) bond motifs is 1. The van der Waals surface area contributed by atoms with Gasteiger partial charge in [0.25, 0.3) is 5.91 Å². The zero-order valence-corrected chi connectivity index (χ0v) is 13.4. The standard InChI is InChI=1S/C17H17N3O4/c1-19(9-12-8-18-20(2)10-12)16(21)11-23-14-5-3-13-4-6-17(22)24-15(13)7-14/h3-8,10H,9,11H2,1-2H3. The van der Waals surface area contributed by atoms with E-state index in [0.29, 0.717) is 17.9 Å². The number of carbonyl (C=O) groups is 1. The van der Waals surface area contributed by atoms with E-state index in [1.165, 1.54) is 6.07 Å². The van der Waals surface area contributed by atoms with Crippen molar-refractivity contribution in [2.24, 2.45) is 7.05 Å². The Morgan fingerprint density at radius 3 is 2.88 bits per heavy atom. The summed E-state index contributed by atoms with van der Waals surface area (Å²) in [5.41, 5.74) is 0.948. The van der Waals surface area contributed by atoms with Gasteiger partial charge in [0, 0.05) is 49.9 Å². The Bertz CT molecular complexity index is 929. The molecule has 0 spiro atoms. The number of carbonyl (C=O) groups excluding carboxylic acids is 1. The second-order valence-corrected chi connectivity index (χ2v) is 5.51. The molecular formula is C17H17N3O4. The Morgan fingerprint density at radius 1 is 1.33 bits per heavy atom. The third-order valence-corrected chi connectivity index (χ3v) is 3.56. The van der Waals surface area contributed by atoms with Crippen LogP contribution in [-0.4, -0.2) is 34.2 Å². The quantitative estimate of drug-likeness (QED) is 0.665. The fraction of sp³-hybridized carbons (Fsp3) is 0.235. The number of ether oxygens (including phenoxy) is 1. The van der Waals surface area contributed by atoms with Gasteiger partial charge in [-0.3, -0.25) is 9.48 Å². The Labute approximate surface area is 138 Å². The Morgan fingerprint density at radius 2 is 2.12 bits per heavy atom. The molecule has 0 unspecified atom stereocenters. The Balaban J connectivity index is 1.62. The highest BCUT2D eigenvalue weighted by Gasteiger charge is 2.11. The molecule has 0 N–H and O–H groups in total. The van der Waals surface area contributed by atoms with Crippen molar-refractivity contribution in [1.82, 2.24) is 14.7 Å². The van der Waals surface area contributed by atoms with E-state index in [2.05, 4.69) is 5.10 Å². The van der Waals surface area contributed by atoms with Crippen molar-refractivity contribution in [2.75, 3.05) is 13.7 Å². The van der Waals surface area contributed by atoms with Crippen LogP contribution in [0.4, 0.5) is 0 Å². The van der Waals surface area contributed by atoms with Crippen LogP contribution in [0.15, 0.2) is 51.9 Å². The minimum atomic E-state index is -0.424. The molecule has 0 aliphatic rings. The molecule has 0 bridgehead atoms. The van der Waals surface area contributed by atoms with Gasteiger partial charge in [-0.25, -0.2) is 4.79 Å². The van der Waals surface area contributed by atoms with Crippen molar-refractivity contribution in [2.45, 2.75) is 6.54 Å². The van der Waals surface area contributed by atoms with Gasteiger partial charge in [-0.15, -0.1) is 0 Å². The van der Waals surface area contributed by atoms with Gasteiger partial charge in [-0.1, -0.05) is 0 Å². The summed E-state index contributed by atoms with van der Waals surface area (Å²) in [6, 6.07) is 8.15. The highest BCUT2D eigenvalue weighted by molar-refractivity contribution is 5.79. The number of benzene rings is 1. The second kappa shape index (κ2) is 6.57. The van der Waals surface area contributed by atoms with E-state index in [0.717, 1.165) is 10.9 Å². The van der Waals surface area contributed by atoms with Crippen LogP contribution in [0.5, 0.6) is 5.75 Å². The molecule has 0 atom stereocenters. The molecule has 7 heteroatoms. The Kier molecular flexibility index (Phi) is 4.33. The molecular weight excluding hydrogens is 310 g/mol. The van der Waals surface area contributed by atoms with E-state index in [9.17, 15) is 9.59 Å². The van der Waals surface area contributed by atoms with Crippen LogP contribution in [0.25, 0.3) is 11.0 Å². The maximum Gasteiger partial charge on any atom is 0.336 e. The topological polar surface area (TPSA) is 77.6 Å². The molecule has 0 aliphatic carbocycles. The number of hydrogen-bond acceptors (Lipinski definition) is 5. The highest BCUT2D eigenvalue weighted by atomic mass is 16.5. The normalized spacial score (nSPS) is 10.8. The molecule has 0 aliphatic heterocycles. The van der Waals surface area contributed by atoms with Gasteiger partial charge in [0.1, 0.15) is 11.3 Å². The first-order valence-electron chi connectivity index (χ1n) is 7.39. The van der Waals surface area contributed by atoms with Gasteiger partial charge in [0.05, 0.1) is 6.20 Å². The molecule has 2 aromatic heterocycles. The van der Waals surface area contributed by atoms with Gasteiger partial charge in [-0.2, -0.15) is 5.10 Å². The lowest BCUT2D eigenvalue weighted by Crippen LogP contribution is -2.30. The number of likely N-dealkylation sites (N-methyl/N-ethyl adjacent to an activating group) is 1. The van der Waals surface area contributed by atoms with Crippen LogP contribution >= 0.6 is 0 Å². The second-order valence-electron chi connectivity index (χ2n) is 5.51. The van der Waals surface area contributed by atoms with Crippen molar-refractivity contribution in [3.05, 3.63) is 58.7 Å². The first kappa shape index (κ1) is 15.8. The molecule has 1 amide bonds. The van der Waals surface area contributed by atoms with E-state index >= 15 is 0 Å². The molecule has 7 nitrogen and oxygen atoms in total. The van der Waals surface area contributed by atoms with Crippen molar-refractivity contribution >= 4 is 16.9 Å². The fourth-order valence-corrected chi connectivity index (χ4v) is 2.30. The SMILES string of the molecule is CN(Cc1cnn(C)c1)C(=O)COc1ccc2ccc(=O)oc2c1. The first-order valence-corrected chi connectivity index (χ1v) is 7.39. The average Bonchev–Trinajstić information content (AvgIpc) is 2.97. The summed E-state index contributed by atoms with van der Waals surface area (Å²) in [4.78, 5) is 25.0. The lowest BCUT2D eigenvalue weighted by molar-refractivity contribution is -0.132. The molecule has 3 aromatic rings. The zero-order valence-electron chi connectivity index (χ0n) is 13.4. The van der Waals surface area contributed by atoms with E-state index in [1.807, 2.05) is 13.2 Å². The van der Waals surface area contributed by atoms with Crippen LogP contribution in [0, 0.1) is 0 Å². The first-order chi connectivity index (χ1) is 11.5. The summed E-state index contributed by atoms with van der Waals surface area (Å²) in [5.74, 6) is 0.313. The predicted molar refractivity (Wildman–Crippen MR) is 87.7 cm³/mol. The molecule has 1 aromatic carbocycles. The van der Waals surface area contributed by atoms with Gasteiger partial charge in [0.2, 0.25) is 0 Å². The lowest BCUT2D eigenvalue weighted by Gasteiger charge is -2.16. The molecule has 0 radical (unpaired) electrons. The smallest absolute Gasteiger partial charge is 0.336 e. The van der Waals surface area contributed by atoms with Crippen molar-refractivity contribution in [3.8, 4) is 5.75 Å². The number of amides is 1. The summed E-state index contributed by atoms with van der Waals surface area (Å²) >= 11 is 0. The number of aryl methyl sites for hydroxylation is 1. The summed E-state index contributed by atoms with van der Waals surface area (Å²) in [6.07, 6.45) is 3.58. The fourth-order valence-electron chi connectivity index (χ4n) is 2.30. The minimum absolute atomic E-state index is 0.0979. The average molecular weight is 327 g/mol. The van der Waals surface area contributed by atoms with Crippen LogP contribution in [0.1, 0.15) is 5.56 Å². The van der Waals surface area contributed by atoms with E-state index in [-0.39, 0.29) is 12.5 Å². The number of aromatic nitrogens is 2. The van der Waals surface area contributed by atoms with E-state index in [4.69, 9.17) is 9.15 Å². The van der Waals surface area contributed by atoms with Crippen molar-refractivity contribution in [3.63, 3.8) is 0 Å². The van der Waals surface area contributed by atoms with Gasteiger partial charge >= 0.3 is 5.63 Å². The lowest BCUT2D eigenvalue weighted by atomic mass is 10.2. The predicted octanol–water partition coefficient (Wildman–Crippen LogP) is 1.56. The van der Waals surface area contributed by atoms with E-state index < -0.39 is 5.63 Å². The number of nitrogens with zero attached hydrogens (tertiary/aromatic N) is 3.